The van der Waals surface area contributed by atoms with Gasteiger partial charge in [-0.25, -0.2) is 12.8 Å². The van der Waals surface area contributed by atoms with Crippen molar-refractivity contribution >= 4 is 21.6 Å². The van der Waals surface area contributed by atoms with E-state index in [1.165, 1.54) is 10.4 Å². The molecule has 2 atom stereocenters. The lowest BCUT2D eigenvalue weighted by Gasteiger charge is -2.38. The van der Waals surface area contributed by atoms with E-state index in [-0.39, 0.29) is 18.5 Å². The summed E-state index contributed by atoms with van der Waals surface area (Å²) in [5.41, 5.74) is 1.83. The highest BCUT2D eigenvalue weighted by Crippen LogP contribution is 2.38. The Kier molecular flexibility index (Phi) is 6.48. The van der Waals surface area contributed by atoms with Gasteiger partial charge in [-0.15, -0.1) is 0 Å². The molecule has 2 aromatic rings. The van der Waals surface area contributed by atoms with E-state index in [0.29, 0.717) is 44.6 Å². The fourth-order valence-electron chi connectivity index (χ4n) is 4.57. The van der Waals surface area contributed by atoms with E-state index in [1.54, 1.807) is 42.4 Å². The Labute approximate surface area is 188 Å². The van der Waals surface area contributed by atoms with Gasteiger partial charge in [0.15, 0.2) is 0 Å². The Balaban J connectivity index is 1.51. The monoisotopic (exact) mass is 460 g/mol. The molecule has 1 amide bonds. The summed E-state index contributed by atoms with van der Waals surface area (Å²) in [6, 6.07) is 8.26. The summed E-state index contributed by atoms with van der Waals surface area (Å²) in [6.07, 6.45) is 4.45. The number of anilines is 1. The molecule has 9 heteroatoms. The summed E-state index contributed by atoms with van der Waals surface area (Å²) < 4.78 is 43.2. The van der Waals surface area contributed by atoms with Gasteiger partial charge < -0.3 is 9.80 Å². The molecule has 2 aliphatic heterocycles. The van der Waals surface area contributed by atoms with Crippen molar-refractivity contribution in [2.24, 2.45) is 0 Å². The summed E-state index contributed by atoms with van der Waals surface area (Å²) in [6.45, 7) is 5.94. The molecule has 1 aromatic heterocycles. The minimum absolute atomic E-state index is 0.00924. The number of amides is 1. The molecule has 0 N–H and O–H groups in total. The normalized spacial score (nSPS) is 23.8. The molecule has 0 unspecified atom stereocenters. The van der Waals surface area contributed by atoms with E-state index in [4.69, 9.17) is 0 Å². The molecule has 3 heterocycles. The van der Waals surface area contributed by atoms with Crippen LogP contribution in [0.2, 0.25) is 0 Å². The number of hydrogen-bond acceptors (Lipinski definition) is 5. The number of rotatable bonds is 4. The highest BCUT2D eigenvalue weighted by Gasteiger charge is 2.40. The summed E-state index contributed by atoms with van der Waals surface area (Å²) in [4.78, 5) is 19.3. The van der Waals surface area contributed by atoms with Crippen LogP contribution < -0.4 is 4.90 Å². The number of benzene rings is 1. The average molecular weight is 461 g/mol. The molecule has 2 saturated heterocycles. The molecule has 0 saturated carbocycles. The summed E-state index contributed by atoms with van der Waals surface area (Å²) in [7, 11) is -3.64. The maximum Gasteiger partial charge on any atom is 0.221 e. The molecule has 172 valence electrons. The van der Waals surface area contributed by atoms with Gasteiger partial charge in [0.1, 0.15) is 11.1 Å². The van der Waals surface area contributed by atoms with Crippen molar-refractivity contribution in [1.82, 2.24) is 14.2 Å². The first-order valence-corrected chi connectivity index (χ1v) is 12.5. The van der Waals surface area contributed by atoms with Crippen LogP contribution in [0.15, 0.2) is 42.7 Å². The third kappa shape index (κ3) is 4.49. The van der Waals surface area contributed by atoms with Crippen LogP contribution in [0, 0.1) is 5.82 Å². The van der Waals surface area contributed by atoms with Crippen LogP contribution >= 0.6 is 0 Å². The first-order valence-electron chi connectivity index (χ1n) is 11.0. The number of hydrogen-bond donors (Lipinski definition) is 0. The standard InChI is InChI=1S/C23H29FN4O3S/c1-17-3-6-23(19-7-9-25-10-8-19)32(30,31)28(17)16-20-4-5-21(15-22(20)24)27-13-11-26(12-14-27)18(2)29/h4-5,7-10,15,17,23H,3,6,11-14,16H2,1-2H3/t17-,23+/m0/s1. The summed E-state index contributed by atoms with van der Waals surface area (Å²) in [5.74, 6) is -0.363. The van der Waals surface area contributed by atoms with Crippen molar-refractivity contribution in [1.29, 1.82) is 0 Å². The number of piperazine rings is 1. The van der Waals surface area contributed by atoms with E-state index in [2.05, 4.69) is 4.98 Å². The first kappa shape index (κ1) is 22.7. The maximum atomic E-state index is 15.0. The third-order valence-electron chi connectivity index (χ3n) is 6.56. The highest BCUT2D eigenvalue weighted by molar-refractivity contribution is 7.89. The molecule has 0 spiro atoms. The van der Waals surface area contributed by atoms with Crippen LogP contribution in [0.4, 0.5) is 10.1 Å². The van der Waals surface area contributed by atoms with Crippen molar-refractivity contribution in [2.45, 2.75) is 44.5 Å². The van der Waals surface area contributed by atoms with Gasteiger partial charge in [-0.05, 0) is 49.6 Å². The van der Waals surface area contributed by atoms with Crippen LogP contribution in [0.5, 0.6) is 0 Å². The zero-order chi connectivity index (χ0) is 22.9. The SMILES string of the molecule is CC(=O)N1CCN(c2ccc(CN3[C@@H](C)CC[C@H](c4ccncc4)S3(=O)=O)c(F)c2)CC1. The van der Waals surface area contributed by atoms with E-state index in [1.807, 2.05) is 17.9 Å². The van der Waals surface area contributed by atoms with Gasteiger partial charge in [-0.2, -0.15) is 4.31 Å². The van der Waals surface area contributed by atoms with Crippen molar-refractivity contribution in [3.63, 3.8) is 0 Å². The minimum atomic E-state index is -3.64. The van der Waals surface area contributed by atoms with Crippen LogP contribution in [0.1, 0.15) is 43.1 Å². The van der Waals surface area contributed by atoms with Crippen molar-refractivity contribution < 1.29 is 17.6 Å². The van der Waals surface area contributed by atoms with E-state index < -0.39 is 21.1 Å². The smallest absolute Gasteiger partial charge is 0.221 e. The molecule has 32 heavy (non-hydrogen) atoms. The van der Waals surface area contributed by atoms with Gasteiger partial charge in [0.05, 0.1) is 0 Å². The molecule has 0 bridgehead atoms. The lowest BCUT2D eigenvalue weighted by molar-refractivity contribution is -0.129. The predicted molar refractivity (Wildman–Crippen MR) is 121 cm³/mol. The van der Waals surface area contributed by atoms with Crippen LogP contribution in [-0.4, -0.2) is 60.7 Å². The van der Waals surface area contributed by atoms with E-state index >= 15 is 4.39 Å². The van der Waals surface area contributed by atoms with Gasteiger partial charge in [-0.3, -0.25) is 9.78 Å². The predicted octanol–water partition coefficient (Wildman–Crippen LogP) is 2.94. The average Bonchev–Trinajstić information content (AvgIpc) is 2.78. The van der Waals surface area contributed by atoms with Gasteiger partial charge in [0.2, 0.25) is 15.9 Å². The fraction of sp³-hybridized carbons (Fsp3) is 0.478. The van der Waals surface area contributed by atoms with Gasteiger partial charge >= 0.3 is 0 Å². The van der Waals surface area contributed by atoms with Crippen LogP contribution in [0.25, 0.3) is 0 Å². The lowest BCUT2D eigenvalue weighted by Crippen LogP contribution is -2.48. The highest BCUT2D eigenvalue weighted by atomic mass is 32.2. The minimum Gasteiger partial charge on any atom is -0.368 e. The molecule has 2 fully saturated rings. The van der Waals surface area contributed by atoms with Gasteiger partial charge in [-0.1, -0.05) is 6.07 Å². The van der Waals surface area contributed by atoms with Crippen molar-refractivity contribution in [3.8, 4) is 0 Å². The summed E-state index contributed by atoms with van der Waals surface area (Å²) in [5, 5.41) is -0.637. The number of aromatic nitrogens is 1. The number of carbonyl (C=O) groups excluding carboxylic acids is 1. The number of carbonyl (C=O) groups is 1. The topological polar surface area (TPSA) is 73.8 Å². The zero-order valence-corrected chi connectivity index (χ0v) is 19.3. The van der Waals surface area contributed by atoms with Crippen molar-refractivity contribution in [2.75, 3.05) is 31.1 Å². The molecule has 4 rings (SSSR count). The van der Waals surface area contributed by atoms with Gasteiger partial charge in [0, 0.05) is 69.3 Å². The lowest BCUT2D eigenvalue weighted by atomic mass is 10.0. The fourth-order valence-corrected chi connectivity index (χ4v) is 6.76. The van der Waals surface area contributed by atoms with E-state index in [0.717, 1.165) is 11.3 Å². The second-order valence-corrected chi connectivity index (χ2v) is 10.6. The molecular formula is C23H29FN4O3S. The van der Waals surface area contributed by atoms with Crippen LogP contribution in [-0.2, 0) is 21.4 Å². The molecule has 0 aliphatic carbocycles. The maximum absolute atomic E-state index is 15.0. The Morgan fingerprint density at radius 2 is 1.78 bits per heavy atom. The summed E-state index contributed by atoms with van der Waals surface area (Å²) >= 11 is 0. The number of halogens is 1. The first-order chi connectivity index (χ1) is 15.3. The molecule has 7 nitrogen and oxygen atoms in total. The molecular weight excluding hydrogens is 431 g/mol. The van der Waals surface area contributed by atoms with Crippen molar-refractivity contribution in [3.05, 3.63) is 59.7 Å². The van der Waals surface area contributed by atoms with Crippen LogP contribution in [0.3, 0.4) is 0 Å². The Morgan fingerprint density at radius 3 is 2.41 bits per heavy atom. The second-order valence-electron chi connectivity index (χ2n) is 8.55. The second kappa shape index (κ2) is 9.15. The third-order valence-corrected chi connectivity index (χ3v) is 8.93. The Hall–Kier alpha value is -2.52. The largest absolute Gasteiger partial charge is 0.368 e. The number of sulfonamides is 1. The van der Waals surface area contributed by atoms with Gasteiger partial charge in [0.25, 0.3) is 0 Å². The van der Waals surface area contributed by atoms with E-state index in [9.17, 15) is 13.2 Å². The Morgan fingerprint density at radius 1 is 1.09 bits per heavy atom. The molecule has 0 radical (unpaired) electrons. The number of pyridine rings is 1. The Bertz CT molecular complexity index is 1070. The molecule has 2 aliphatic rings. The number of nitrogens with zero attached hydrogens (tertiary/aromatic N) is 4. The molecule has 1 aromatic carbocycles. The zero-order valence-electron chi connectivity index (χ0n) is 18.4. The quantitative estimate of drug-likeness (QED) is 0.702.